The highest BCUT2D eigenvalue weighted by Gasteiger charge is 2.18. The number of amides is 2. The first-order valence-electron chi connectivity index (χ1n) is 8.06. The molecule has 1 rings (SSSR count). The first-order valence-corrected chi connectivity index (χ1v) is 8.06. The molecule has 5 heteroatoms. The number of benzene rings is 1. The van der Waals surface area contributed by atoms with Gasteiger partial charge in [0.15, 0.2) is 0 Å². The molecule has 0 bridgehead atoms. The second-order valence-corrected chi connectivity index (χ2v) is 6.18. The molecule has 5 nitrogen and oxygen atoms in total. The average molecular weight is 319 g/mol. The largest absolute Gasteiger partial charge is 0.348 e. The summed E-state index contributed by atoms with van der Waals surface area (Å²) in [4.78, 5) is 29.5. The number of hydrogen-bond donors (Lipinski definition) is 0. The molecule has 0 N–H and O–H groups in total. The van der Waals surface area contributed by atoms with Gasteiger partial charge in [-0.05, 0) is 31.0 Å². The molecule has 0 spiro atoms. The summed E-state index contributed by atoms with van der Waals surface area (Å²) in [6.45, 7) is 5.98. The quantitative estimate of drug-likeness (QED) is 0.733. The number of nitrogens with zero attached hydrogens (tertiary/aromatic N) is 3. The molecule has 128 valence electrons. The van der Waals surface area contributed by atoms with Gasteiger partial charge in [-0.1, -0.05) is 31.2 Å². The summed E-state index contributed by atoms with van der Waals surface area (Å²) in [5, 5.41) is 0. The maximum Gasteiger partial charge on any atom is 0.236 e. The first kappa shape index (κ1) is 19.2. The third-order valence-corrected chi connectivity index (χ3v) is 3.85. The number of rotatable bonds is 8. The van der Waals surface area contributed by atoms with E-state index in [0.717, 1.165) is 18.5 Å². The lowest BCUT2D eigenvalue weighted by Crippen LogP contribution is -2.43. The second-order valence-electron chi connectivity index (χ2n) is 6.18. The van der Waals surface area contributed by atoms with E-state index in [1.54, 1.807) is 23.9 Å². The fraction of sp³-hybridized carbons (Fsp3) is 0.556. The van der Waals surface area contributed by atoms with Crippen LogP contribution < -0.4 is 0 Å². The molecule has 0 saturated carbocycles. The first-order chi connectivity index (χ1) is 10.8. The monoisotopic (exact) mass is 319 g/mol. The number of likely N-dealkylation sites (N-methyl/N-ethyl adjacent to an activating group) is 2. The molecule has 0 atom stereocenters. The summed E-state index contributed by atoms with van der Waals surface area (Å²) >= 11 is 0. The summed E-state index contributed by atoms with van der Waals surface area (Å²) in [7, 11) is 5.28. The Morgan fingerprint density at radius 3 is 2.17 bits per heavy atom. The zero-order chi connectivity index (χ0) is 17.4. The van der Waals surface area contributed by atoms with E-state index in [4.69, 9.17) is 0 Å². The fourth-order valence-corrected chi connectivity index (χ4v) is 2.31. The Labute approximate surface area is 139 Å². The van der Waals surface area contributed by atoms with Crippen LogP contribution in [0.15, 0.2) is 24.3 Å². The molecule has 0 aliphatic rings. The summed E-state index contributed by atoms with van der Waals surface area (Å²) in [6.07, 6.45) is 0.912. The van der Waals surface area contributed by atoms with Crippen LogP contribution in [0.1, 0.15) is 24.5 Å². The topological polar surface area (TPSA) is 43.9 Å². The van der Waals surface area contributed by atoms with Gasteiger partial charge in [0, 0.05) is 27.7 Å². The van der Waals surface area contributed by atoms with Crippen LogP contribution in [-0.2, 0) is 16.1 Å². The van der Waals surface area contributed by atoms with Crippen molar-refractivity contribution in [1.82, 2.24) is 14.7 Å². The van der Waals surface area contributed by atoms with Crippen LogP contribution in [0.3, 0.4) is 0 Å². The highest BCUT2D eigenvalue weighted by Crippen LogP contribution is 2.10. The van der Waals surface area contributed by atoms with Crippen molar-refractivity contribution in [3.8, 4) is 0 Å². The van der Waals surface area contributed by atoms with E-state index in [0.29, 0.717) is 6.54 Å². The lowest BCUT2D eigenvalue weighted by Gasteiger charge is -2.25. The van der Waals surface area contributed by atoms with Crippen molar-refractivity contribution < 1.29 is 9.59 Å². The van der Waals surface area contributed by atoms with Crippen molar-refractivity contribution in [3.63, 3.8) is 0 Å². The van der Waals surface area contributed by atoms with Crippen LogP contribution in [0.5, 0.6) is 0 Å². The third kappa shape index (κ3) is 6.40. The molecule has 0 heterocycles. The van der Waals surface area contributed by atoms with Gasteiger partial charge in [0.2, 0.25) is 11.8 Å². The molecule has 0 radical (unpaired) electrons. The smallest absolute Gasteiger partial charge is 0.236 e. The molecule has 23 heavy (non-hydrogen) atoms. The molecule has 0 aromatic heterocycles. The van der Waals surface area contributed by atoms with Gasteiger partial charge >= 0.3 is 0 Å². The number of carbonyl (C=O) groups excluding carboxylic acids is 2. The summed E-state index contributed by atoms with van der Waals surface area (Å²) < 4.78 is 0. The van der Waals surface area contributed by atoms with E-state index in [1.807, 2.05) is 43.1 Å². The van der Waals surface area contributed by atoms with Gasteiger partial charge in [0.05, 0.1) is 13.1 Å². The lowest BCUT2D eigenvalue weighted by molar-refractivity contribution is -0.134. The van der Waals surface area contributed by atoms with E-state index in [-0.39, 0.29) is 24.9 Å². The summed E-state index contributed by atoms with van der Waals surface area (Å²) in [5.74, 6) is 0.0565. The summed E-state index contributed by atoms with van der Waals surface area (Å²) in [6, 6.07) is 8.07. The predicted molar refractivity (Wildman–Crippen MR) is 93.1 cm³/mol. The van der Waals surface area contributed by atoms with Crippen molar-refractivity contribution in [1.29, 1.82) is 0 Å². The number of carbonyl (C=O) groups is 2. The van der Waals surface area contributed by atoms with Gasteiger partial charge in [-0.25, -0.2) is 0 Å². The van der Waals surface area contributed by atoms with Gasteiger partial charge in [0.1, 0.15) is 0 Å². The lowest BCUT2D eigenvalue weighted by atomic mass is 10.1. The zero-order valence-corrected chi connectivity index (χ0v) is 15.0. The standard InChI is InChI=1S/C18H29N3O2/c1-6-11-21(13-17(22)19(3)4)14-18(23)20(5)12-16-10-8-7-9-15(16)2/h7-10H,6,11-14H2,1-5H3. The Bertz CT molecular complexity index is 529. The highest BCUT2D eigenvalue weighted by molar-refractivity contribution is 5.81. The molecule has 2 amide bonds. The number of hydrogen-bond acceptors (Lipinski definition) is 3. The van der Waals surface area contributed by atoms with Gasteiger partial charge in [-0.3, -0.25) is 14.5 Å². The Hall–Kier alpha value is -1.88. The molecule has 1 aromatic carbocycles. The minimum atomic E-state index is 0.0211. The van der Waals surface area contributed by atoms with Crippen LogP contribution in [-0.4, -0.2) is 67.3 Å². The molecular formula is C18H29N3O2. The normalized spacial score (nSPS) is 10.7. The van der Waals surface area contributed by atoms with Gasteiger partial charge in [-0.15, -0.1) is 0 Å². The van der Waals surface area contributed by atoms with Crippen LogP contribution in [0.25, 0.3) is 0 Å². The van der Waals surface area contributed by atoms with Crippen molar-refractivity contribution in [2.24, 2.45) is 0 Å². The van der Waals surface area contributed by atoms with Crippen LogP contribution >= 0.6 is 0 Å². The minimum Gasteiger partial charge on any atom is -0.348 e. The van der Waals surface area contributed by atoms with Crippen molar-refractivity contribution in [2.75, 3.05) is 40.8 Å². The van der Waals surface area contributed by atoms with Crippen molar-refractivity contribution >= 4 is 11.8 Å². The molecule has 1 aromatic rings. The maximum atomic E-state index is 12.5. The van der Waals surface area contributed by atoms with E-state index in [1.165, 1.54) is 5.56 Å². The van der Waals surface area contributed by atoms with Gasteiger partial charge in [-0.2, -0.15) is 0 Å². The van der Waals surface area contributed by atoms with E-state index in [9.17, 15) is 9.59 Å². The maximum absolute atomic E-state index is 12.5. The minimum absolute atomic E-state index is 0.0211. The molecule has 0 saturated heterocycles. The zero-order valence-electron chi connectivity index (χ0n) is 15.0. The van der Waals surface area contributed by atoms with Crippen LogP contribution in [0.4, 0.5) is 0 Å². The molecule has 0 aliphatic carbocycles. The third-order valence-electron chi connectivity index (χ3n) is 3.85. The van der Waals surface area contributed by atoms with E-state index >= 15 is 0 Å². The Balaban J connectivity index is 2.63. The second kappa shape index (κ2) is 9.30. The Kier molecular flexibility index (Phi) is 7.75. The summed E-state index contributed by atoms with van der Waals surface area (Å²) in [5.41, 5.74) is 2.33. The van der Waals surface area contributed by atoms with Gasteiger partial charge < -0.3 is 9.80 Å². The van der Waals surface area contributed by atoms with Crippen molar-refractivity contribution in [3.05, 3.63) is 35.4 Å². The Morgan fingerprint density at radius 1 is 1.00 bits per heavy atom. The van der Waals surface area contributed by atoms with E-state index in [2.05, 4.69) is 6.92 Å². The molecule has 0 unspecified atom stereocenters. The average Bonchev–Trinajstić information content (AvgIpc) is 2.49. The van der Waals surface area contributed by atoms with Crippen LogP contribution in [0.2, 0.25) is 0 Å². The predicted octanol–water partition coefficient (Wildman–Crippen LogP) is 1.75. The highest BCUT2D eigenvalue weighted by atomic mass is 16.2. The molecule has 0 aliphatic heterocycles. The fourth-order valence-electron chi connectivity index (χ4n) is 2.31. The van der Waals surface area contributed by atoms with Gasteiger partial charge in [0.25, 0.3) is 0 Å². The Morgan fingerprint density at radius 2 is 1.61 bits per heavy atom. The molecular weight excluding hydrogens is 290 g/mol. The molecule has 0 fully saturated rings. The van der Waals surface area contributed by atoms with Crippen LogP contribution in [0, 0.1) is 6.92 Å². The van der Waals surface area contributed by atoms with E-state index < -0.39 is 0 Å². The SMILES string of the molecule is CCCN(CC(=O)N(C)C)CC(=O)N(C)Cc1ccccc1C. The van der Waals surface area contributed by atoms with Crippen molar-refractivity contribution in [2.45, 2.75) is 26.8 Å². The number of aryl methyl sites for hydroxylation is 1.